The van der Waals surface area contributed by atoms with E-state index in [9.17, 15) is 22.9 Å². The van der Waals surface area contributed by atoms with Gasteiger partial charge in [0, 0.05) is 0 Å². The Balaban J connectivity index is 2.45. The number of carboxylic acids is 1. The summed E-state index contributed by atoms with van der Waals surface area (Å²) in [6, 6.07) is 17.4. The van der Waals surface area contributed by atoms with Gasteiger partial charge in [0.25, 0.3) is 10.1 Å². The normalized spacial score (nSPS) is 13.2. The summed E-state index contributed by atoms with van der Waals surface area (Å²) in [5.41, 5.74) is 1.00. The lowest BCUT2D eigenvalue weighted by atomic mass is 10.1. The molecule has 0 unspecified atom stereocenters. The van der Waals surface area contributed by atoms with E-state index in [0.717, 1.165) is 11.6 Å². The summed E-state index contributed by atoms with van der Waals surface area (Å²) in [5.74, 6) is -1.31. The van der Waals surface area contributed by atoms with E-state index in [4.69, 9.17) is 0 Å². The van der Waals surface area contributed by atoms with E-state index in [1.165, 1.54) is 12.2 Å². The van der Waals surface area contributed by atoms with Gasteiger partial charge in [-0.05, 0) is 29.4 Å². The molecule has 2 N–H and O–H groups in total. The van der Waals surface area contributed by atoms with E-state index in [2.05, 4.69) is 0 Å². The Morgan fingerprint density at radius 2 is 1.40 bits per heavy atom. The van der Waals surface area contributed by atoms with Crippen LogP contribution in [0.3, 0.4) is 0 Å². The molecule has 0 amide bonds. The van der Waals surface area contributed by atoms with Gasteiger partial charge in [0.05, 0.1) is 10.5 Å². The molecule has 0 bridgehead atoms. The van der Waals surface area contributed by atoms with Crippen molar-refractivity contribution in [1.82, 2.24) is 0 Å². The Morgan fingerprint density at radius 3 is 1.88 bits per heavy atom. The quantitative estimate of drug-likeness (QED) is 0.468. The lowest BCUT2D eigenvalue weighted by Gasteiger charge is -2.01. The largest absolute Gasteiger partial charge is 0.478 e. The van der Waals surface area contributed by atoms with Gasteiger partial charge in [-0.15, -0.1) is 0 Å². The lowest BCUT2D eigenvalue weighted by molar-refractivity contribution is -0.132. The predicted molar refractivity (Wildman–Crippen MR) is 97.2 cm³/mol. The van der Waals surface area contributed by atoms with Gasteiger partial charge < -0.3 is 5.11 Å². The van der Waals surface area contributed by atoms with Gasteiger partial charge in [0.15, 0.2) is 0 Å². The van der Waals surface area contributed by atoms with Crippen LogP contribution in [0.4, 0.5) is 0 Å². The molecular formula is C19H16O5S. The standard InChI is InChI=1S/C19H16O5S/c20-19(21)17(12-11-15-7-3-1-4-8-15)14-18(25(22,23)24)13-16-9-5-2-6-10-16/h1-14H,(H,20,21)(H,22,23,24). The SMILES string of the molecule is O=C(O)C(C=Cc1ccccc1)=CC(=Cc1ccccc1)S(=O)(=O)O. The highest BCUT2D eigenvalue weighted by Crippen LogP contribution is 2.16. The average Bonchev–Trinajstić information content (AvgIpc) is 2.58. The van der Waals surface area contributed by atoms with Gasteiger partial charge in [0.2, 0.25) is 0 Å². The van der Waals surface area contributed by atoms with Gasteiger partial charge >= 0.3 is 5.97 Å². The smallest absolute Gasteiger partial charge is 0.335 e. The first kappa shape index (κ1) is 18.4. The molecule has 25 heavy (non-hydrogen) atoms. The number of hydrogen-bond acceptors (Lipinski definition) is 3. The van der Waals surface area contributed by atoms with Crippen molar-refractivity contribution in [1.29, 1.82) is 0 Å². The molecule has 0 aromatic heterocycles. The second-order valence-electron chi connectivity index (χ2n) is 5.08. The monoisotopic (exact) mass is 356 g/mol. The molecule has 0 spiro atoms. The second-order valence-corrected chi connectivity index (χ2v) is 6.50. The Morgan fingerprint density at radius 1 is 0.880 bits per heavy atom. The van der Waals surface area contributed by atoms with Crippen LogP contribution >= 0.6 is 0 Å². The maximum atomic E-state index is 11.6. The van der Waals surface area contributed by atoms with Crippen LogP contribution in [0.15, 0.2) is 83.3 Å². The summed E-state index contributed by atoms with van der Waals surface area (Å²) in [4.78, 5) is 10.9. The first-order valence-corrected chi connectivity index (χ1v) is 8.72. The second kappa shape index (κ2) is 8.23. The average molecular weight is 356 g/mol. The third kappa shape index (κ3) is 5.87. The number of carboxylic acid groups (broad SMARTS) is 1. The van der Waals surface area contributed by atoms with Gasteiger partial charge in [-0.3, -0.25) is 4.55 Å². The van der Waals surface area contributed by atoms with Crippen molar-refractivity contribution in [3.63, 3.8) is 0 Å². The highest BCUT2D eigenvalue weighted by atomic mass is 32.2. The van der Waals surface area contributed by atoms with Crippen molar-refractivity contribution in [2.45, 2.75) is 0 Å². The van der Waals surface area contributed by atoms with Crippen LogP contribution in [0, 0.1) is 0 Å². The van der Waals surface area contributed by atoms with Crippen LogP contribution in [0.2, 0.25) is 0 Å². The molecular weight excluding hydrogens is 340 g/mol. The van der Waals surface area contributed by atoms with Crippen molar-refractivity contribution in [2.75, 3.05) is 0 Å². The van der Waals surface area contributed by atoms with E-state index in [1.807, 2.05) is 6.07 Å². The molecule has 0 saturated carbocycles. The summed E-state index contributed by atoms with van der Waals surface area (Å²) in [7, 11) is -4.59. The number of carbonyl (C=O) groups is 1. The van der Waals surface area contributed by atoms with Gasteiger partial charge in [-0.1, -0.05) is 66.7 Å². The summed E-state index contributed by atoms with van der Waals surface area (Å²) in [6.45, 7) is 0. The molecule has 6 heteroatoms. The highest BCUT2D eigenvalue weighted by Gasteiger charge is 2.14. The zero-order valence-corrected chi connectivity index (χ0v) is 13.9. The highest BCUT2D eigenvalue weighted by molar-refractivity contribution is 7.90. The predicted octanol–water partition coefficient (Wildman–Crippen LogP) is 3.64. The van der Waals surface area contributed by atoms with Crippen molar-refractivity contribution >= 4 is 28.2 Å². The molecule has 0 aliphatic rings. The molecule has 5 nitrogen and oxygen atoms in total. The van der Waals surface area contributed by atoms with E-state index in [-0.39, 0.29) is 5.57 Å². The molecule has 0 heterocycles. The molecule has 128 valence electrons. The van der Waals surface area contributed by atoms with E-state index >= 15 is 0 Å². The molecule has 0 aliphatic heterocycles. The molecule has 2 aromatic rings. The fourth-order valence-corrected chi connectivity index (χ4v) is 2.55. The van der Waals surface area contributed by atoms with Gasteiger partial charge in [-0.2, -0.15) is 8.42 Å². The minimum Gasteiger partial charge on any atom is -0.478 e. The van der Waals surface area contributed by atoms with Crippen molar-refractivity contribution in [2.24, 2.45) is 0 Å². The number of hydrogen-bond donors (Lipinski definition) is 2. The Kier molecular flexibility index (Phi) is 6.05. The minimum atomic E-state index is -4.59. The van der Waals surface area contributed by atoms with Crippen LogP contribution in [0.1, 0.15) is 11.1 Å². The number of rotatable bonds is 6. The maximum Gasteiger partial charge on any atom is 0.335 e. The van der Waals surface area contributed by atoms with Gasteiger partial charge in [-0.25, -0.2) is 4.79 Å². The molecule has 0 aliphatic carbocycles. The van der Waals surface area contributed by atoms with Crippen LogP contribution < -0.4 is 0 Å². The summed E-state index contributed by atoms with van der Waals surface area (Å²) < 4.78 is 32.6. The van der Waals surface area contributed by atoms with Gasteiger partial charge in [0.1, 0.15) is 0 Å². The summed E-state index contributed by atoms with van der Waals surface area (Å²) in [5, 5.41) is 9.31. The fraction of sp³-hybridized carbons (Fsp3) is 0. The Labute approximate surface area is 146 Å². The summed E-state index contributed by atoms with van der Waals surface area (Å²) in [6.07, 6.45) is 4.95. The fourth-order valence-electron chi connectivity index (χ4n) is 1.99. The molecule has 0 radical (unpaired) electrons. The third-order valence-electron chi connectivity index (χ3n) is 3.21. The molecule has 0 atom stereocenters. The zero-order chi connectivity index (χ0) is 18.3. The van der Waals surface area contributed by atoms with Crippen LogP contribution in [0.5, 0.6) is 0 Å². The first-order valence-electron chi connectivity index (χ1n) is 7.28. The maximum absolute atomic E-state index is 11.6. The van der Waals surface area contributed by atoms with Crippen LogP contribution in [-0.2, 0) is 14.9 Å². The molecule has 0 saturated heterocycles. The first-order chi connectivity index (χ1) is 11.9. The number of aliphatic carboxylic acids is 1. The number of benzene rings is 2. The summed E-state index contributed by atoms with van der Waals surface area (Å²) >= 11 is 0. The van der Waals surface area contributed by atoms with E-state index < -0.39 is 21.0 Å². The van der Waals surface area contributed by atoms with Crippen LogP contribution in [0.25, 0.3) is 12.2 Å². The van der Waals surface area contributed by atoms with Crippen LogP contribution in [-0.4, -0.2) is 24.0 Å². The van der Waals surface area contributed by atoms with Crippen molar-refractivity contribution in [3.05, 3.63) is 94.4 Å². The van der Waals surface area contributed by atoms with Crippen molar-refractivity contribution in [3.8, 4) is 0 Å². The minimum absolute atomic E-state index is 0.274. The molecule has 2 aromatic carbocycles. The molecule has 2 rings (SSSR count). The number of allylic oxidation sites excluding steroid dienone is 1. The Hall–Kier alpha value is -2.96. The van der Waals surface area contributed by atoms with Crippen molar-refractivity contribution < 1.29 is 22.9 Å². The van der Waals surface area contributed by atoms with E-state index in [0.29, 0.717) is 5.56 Å². The topological polar surface area (TPSA) is 91.7 Å². The van der Waals surface area contributed by atoms with E-state index in [1.54, 1.807) is 60.7 Å². The third-order valence-corrected chi connectivity index (χ3v) is 4.04. The molecule has 0 fully saturated rings. The Bertz CT molecular complexity index is 924. The lowest BCUT2D eigenvalue weighted by Crippen LogP contribution is -2.04. The zero-order valence-electron chi connectivity index (χ0n) is 13.1.